The minimum absolute atomic E-state index is 0.113. The van der Waals surface area contributed by atoms with Crippen molar-refractivity contribution in [2.24, 2.45) is 0 Å². The normalized spacial score (nSPS) is 15.3. The zero-order chi connectivity index (χ0) is 9.68. The first-order valence-electron chi connectivity index (χ1n) is 4.23. The van der Waals surface area contributed by atoms with E-state index >= 15 is 0 Å². The summed E-state index contributed by atoms with van der Waals surface area (Å²) in [6, 6.07) is 9.21. The molecule has 1 aromatic carbocycles. The van der Waals surface area contributed by atoms with Crippen molar-refractivity contribution in [2.75, 3.05) is 6.61 Å². The van der Waals surface area contributed by atoms with Gasteiger partial charge in [0.25, 0.3) is 0 Å². The zero-order valence-electron chi connectivity index (χ0n) is 7.55. The first-order valence-corrected chi connectivity index (χ1v) is 4.23. The highest BCUT2D eigenvalue weighted by molar-refractivity contribution is 5.17. The average molecular weight is 182 g/mol. The van der Waals surface area contributed by atoms with E-state index in [0.29, 0.717) is 0 Å². The Morgan fingerprint density at radius 1 is 1.23 bits per heavy atom. The molecule has 3 nitrogen and oxygen atoms in total. The minimum atomic E-state index is -0.835. The maximum atomic E-state index is 9.53. The monoisotopic (exact) mass is 182 g/mol. The predicted molar refractivity (Wildman–Crippen MR) is 49.0 cm³/mol. The molecule has 0 aliphatic rings. The summed E-state index contributed by atoms with van der Waals surface area (Å²) in [5.41, 5.74) is 0.795. The first-order chi connectivity index (χ1) is 6.20. The van der Waals surface area contributed by atoms with Crippen LogP contribution in [0.1, 0.15) is 18.6 Å². The van der Waals surface area contributed by atoms with E-state index in [1.165, 1.54) is 6.92 Å². The van der Waals surface area contributed by atoms with Crippen LogP contribution in [0.15, 0.2) is 30.3 Å². The molecule has 0 spiro atoms. The van der Waals surface area contributed by atoms with Gasteiger partial charge in [0.1, 0.15) is 6.10 Å². The first kappa shape index (κ1) is 10.2. The Labute approximate surface area is 77.6 Å². The summed E-state index contributed by atoms with van der Waals surface area (Å²) < 4.78 is 4.86. The molecule has 72 valence electrons. The van der Waals surface area contributed by atoms with E-state index in [9.17, 15) is 5.11 Å². The van der Waals surface area contributed by atoms with Gasteiger partial charge in [0.2, 0.25) is 0 Å². The van der Waals surface area contributed by atoms with Crippen LogP contribution in [0.4, 0.5) is 0 Å². The minimum Gasteiger partial charge on any atom is -0.386 e. The van der Waals surface area contributed by atoms with E-state index in [-0.39, 0.29) is 6.61 Å². The smallest absolute Gasteiger partial charge is 0.151 e. The van der Waals surface area contributed by atoms with Crippen LogP contribution in [0.3, 0.4) is 0 Å². The molecule has 2 N–H and O–H groups in total. The summed E-state index contributed by atoms with van der Waals surface area (Å²) in [6.45, 7) is 1.62. The molecule has 1 rings (SSSR count). The van der Waals surface area contributed by atoms with Crippen molar-refractivity contribution in [3.05, 3.63) is 35.9 Å². The van der Waals surface area contributed by atoms with Gasteiger partial charge in [0.15, 0.2) is 6.29 Å². The van der Waals surface area contributed by atoms with Crippen LogP contribution in [-0.4, -0.2) is 23.1 Å². The molecule has 0 saturated heterocycles. The summed E-state index contributed by atoms with van der Waals surface area (Å²) in [5.74, 6) is 0. The van der Waals surface area contributed by atoms with Crippen LogP contribution in [0.5, 0.6) is 0 Å². The molecule has 0 aliphatic heterocycles. The Balaban J connectivity index is 2.44. The SMILES string of the molecule is CC(O)OCC(O)c1ccccc1. The van der Waals surface area contributed by atoms with E-state index in [1.807, 2.05) is 30.3 Å². The molecular formula is C10H14O3. The Morgan fingerprint density at radius 3 is 2.38 bits per heavy atom. The van der Waals surface area contributed by atoms with E-state index in [4.69, 9.17) is 9.84 Å². The third kappa shape index (κ3) is 3.55. The van der Waals surface area contributed by atoms with Gasteiger partial charge >= 0.3 is 0 Å². The molecule has 0 heterocycles. The Bertz CT molecular complexity index is 233. The highest BCUT2D eigenvalue weighted by atomic mass is 16.6. The molecule has 2 atom stereocenters. The van der Waals surface area contributed by atoms with Crippen LogP contribution in [-0.2, 0) is 4.74 Å². The lowest BCUT2D eigenvalue weighted by atomic mass is 10.1. The zero-order valence-corrected chi connectivity index (χ0v) is 7.55. The maximum absolute atomic E-state index is 9.53. The van der Waals surface area contributed by atoms with Crippen LogP contribution in [0.2, 0.25) is 0 Å². The summed E-state index contributed by atoms with van der Waals surface area (Å²) in [7, 11) is 0. The van der Waals surface area contributed by atoms with Gasteiger partial charge in [-0.25, -0.2) is 0 Å². The van der Waals surface area contributed by atoms with E-state index in [2.05, 4.69) is 0 Å². The van der Waals surface area contributed by atoms with Gasteiger partial charge in [0.05, 0.1) is 6.61 Å². The molecule has 2 unspecified atom stereocenters. The lowest BCUT2D eigenvalue weighted by Crippen LogP contribution is -2.13. The number of aliphatic hydroxyl groups is 2. The fraction of sp³-hybridized carbons (Fsp3) is 0.400. The van der Waals surface area contributed by atoms with Crippen LogP contribution >= 0.6 is 0 Å². The number of hydrogen-bond donors (Lipinski definition) is 2. The summed E-state index contributed by atoms with van der Waals surface area (Å²) in [5, 5.41) is 18.3. The lowest BCUT2D eigenvalue weighted by Gasteiger charge is -2.12. The van der Waals surface area contributed by atoms with Gasteiger partial charge in [-0.2, -0.15) is 0 Å². The second-order valence-electron chi connectivity index (χ2n) is 2.86. The standard InChI is InChI=1S/C10H14O3/c1-8(11)13-7-10(12)9-5-3-2-4-6-9/h2-6,8,10-12H,7H2,1H3. The van der Waals surface area contributed by atoms with Gasteiger partial charge in [-0.1, -0.05) is 30.3 Å². The molecule has 3 heteroatoms. The lowest BCUT2D eigenvalue weighted by molar-refractivity contribution is -0.110. The van der Waals surface area contributed by atoms with Gasteiger partial charge < -0.3 is 14.9 Å². The van der Waals surface area contributed by atoms with Crippen LogP contribution in [0.25, 0.3) is 0 Å². The third-order valence-electron chi connectivity index (χ3n) is 1.68. The topological polar surface area (TPSA) is 49.7 Å². The number of ether oxygens (including phenoxy) is 1. The Hall–Kier alpha value is -0.900. The molecule has 0 aliphatic carbocycles. The average Bonchev–Trinajstić information content (AvgIpc) is 2.15. The highest BCUT2D eigenvalue weighted by Crippen LogP contribution is 2.12. The van der Waals surface area contributed by atoms with Crippen molar-refractivity contribution < 1.29 is 14.9 Å². The van der Waals surface area contributed by atoms with Gasteiger partial charge in [0, 0.05) is 0 Å². The fourth-order valence-corrected chi connectivity index (χ4v) is 1.00. The quantitative estimate of drug-likeness (QED) is 0.685. The van der Waals surface area contributed by atoms with Crippen molar-refractivity contribution in [1.82, 2.24) is 0 Å². The number of benzene rings is 1. The van der Waals surface area contributed by atoms with Crippen molar-refractivity contribution in [3.63, 3.8) is 0 Å². The molecule has 1 aromatic rings. The maximum Gasteiger partial charge on any atom is 0.151 e. The van der Waals surface area contributed by atoms with Crippen molar-refractivity contribution in [1.29, 1.82) is 0 Å². The molecule has 0 amide bonds. The van der Waals surface area contributed by atoms with Crippen molar-refractivity contribution >= 4 is 0 Å². The molecule has 0 bridgehead atoms. The Kier molecular flexibility index (Phi) is 3.89. The van der Waals surface area contributed by atoms with Crippen molar-refractivity contribution in [3.8, 4) is 0 Å². The summed E-state index contributed by atoms with van der Waals surface area (Å²) >= 11 is 0. The second-order valence-corrected chi connectivity index (χ2v) is 2.86. The number of hydrogen-bond acceptors (Lipinski definition) is 3. The Morgan fingerprint density at radius 2 is 1.85 bits per heavy atom. The van der Waals surface area contributed by atoms with E-state index in [1.54, 1.807) is 0 Å². The van der Waals surface area contributed by atoms with E-state index < -0.39 is 12.4 Å². The molecule has 0 saturated carbocycles. The van der Waals surface area contributed by atoms with Gasteiger partial charge in [-0.15, -0.1) is 0 Å². The number of rotatable bonds is 4. The highest BCUT2D eigenvalue weighted by Gasteiger charge is 2.07. The predicted octanol–water partition coefficient (Wildman–Crippen LogP) is 1.07. The summed E-state index contributed by atoms with van der Waals surface area (Å²) in [6.07, 6.45) is -1.51. The van der Waals surface area contributed by atoms with Crippen LogP contribution < -0.4 is 0 Å². The fourth-order valence-electron chi connectivity index (χ4n) is 1.00. The molecule has 0 fully saturated rings. The van der Waals surface area contributed by atoms with Crippen LogP contribution in [0, 0.1) is 0 Å². The molecular weight excluding hydrogens is 168 g/mol. The largest absolute Gasteiger partial charge is 0.386 e. The molecule has 0 radical (unpaired) electrons. The van der Waals surface area contributed by atoms with Gasteiger partial charge in [-0.05, 0) is 12.5 Å². The third-order valence-corrected chi connectivity index (χ3v) is 1.68. The molecule has 13 heavy (non-hydrogen) atoms. The number of aliphatic hydroxyl groups excluding tert-OH is 2. The van der Waals surface area contributed by atoms with E-state index in [0.717, 1.165) is 5.56 Å². The second kappa shape index (κ2) is 4.97. The van der Waals surface area contributed by atoms with Crippen molar-refractivity contribution in [2.45, 2.75) is 19.3 Å². The molecule has 0 aromatic heterocycles. The van der Waals surface area contributed by atoms with Gasteiger partial charge in [-0.3, -0.25) is 0 Å². The summed E-state index contributed by atoms with van der Waals surface area (Å²) in [4.78, 5) is 0.